The maximum absolute atomic E-state index is 12.4. The van der Waals surface area contributed by atoms with Crippen molar-refractivity contribution in [3.8, 4) is 0 Å². The van der Waals surface area contributed by atoms with Crippen molar-refractivity contribution in [2.45, 2.75) is 25.9 Å². The highest BCUT2D eigenvalue weighted by Crippen LogP contribution is 2.84. The minimum Gasteiger partial charge on any atom is -0.380 e. The van der Waals surface area contributed by atoms with Crippen LogP contribution in [0.25, 0.3) is 0 Å². The van der Waals surface area contributed by atoms with Gasteiger partial charge in [0.25, 0.3) is 0 Å². The molecule has 0 radical (unpaired) electrons. The number of Topliss-reactive ketones (excluding diaryl/α,β-unsaturated/α-hetero) is 1. The molecule has 0 heterocycles. The molecule has 0 aromatic rings. The summed E-state index contributed by atoms with van der Waals surface area (Å²) in [6.45, 7) is 2.48. The molecule has 86 valence electrons. The molecular formula is C14H18O2. The molecule has 2 nitrogen and oxygen atoms in total. The van der Waals surface area contributed by atoms with Crippen molar-refractivity contribution in [3.05, 3.63) is 0 Å². The van der Waals surface area contributed by atoms with E-state index in [4.69, 9.17) is 4.74 Å². The number of rotatable bonds is 1. The normalized spacial score (nSPS) is 72.5. The minimum atomic E-state index is 0.281. The maximum atomic E-state index is 12.4. The topological polar surface area (TPSA) is 26.3 Å². The first-order chi connectivity index (χ1) is 7.71. The molecule has 9 atom stereocenters. The predicted octanol–water partition coefficient (Wildman–Crippen LogP) is 1.74. The Morgan fingerprint density at radius 2 is 1.81 bits per heavy atom. The summed E-state index contributed by atoms with van der Waals surface area (Å²) in [4.78, 5) is 12.4. The standard InChI is InChI=1S/C14H18O2/c1-14-5-3-4-6(14)8-7(5)9-11(14)13(16-2)10(8)12(9)15/h5-11,13H,3-4H2,1-2H3/t5-,6+,7-,8+,9+,10+,11-,13-,14+/m0/s1. The van der Waals surface area contributed by atoms with Crippen molar-refractivity contribution < 1.29 is 9.53 Å². The van der Waals surface area contributed by atoms with Crippen molar-refractivity contribution in [2.75, 3.05) is 7.11 Å². The first-order valence-electron chi connectivity index (χ1n) is 6.77. The molecular weight excluding hydrogens is 200 g/mol. The van der Waals surface area contributed by atoms with E-state index in [1.54, 1.807) is 0 Å². The molecule has 0 saturated heterocycles. The Balaban J connectivity index is 1.79. The van der Waals surface area contributed by atoms with Gasteiger partial charge in [-0.05, 0) is 41.9 Å². The summed E-state index contributed by atoms with van der Waals surface area (Å²) in [6.07, 6.45) is 3.07. The second-order valence-corrected chi connectivity index (χ2v) is 6.99. The first kappa shape index (κ1) is 8.68. The maximum Gasteiger partial charge on any atom is 0.142 e. The lowest BCUT2D eigenvalue weighted by atomic mass is 9.57. The minimum absolute atomic E-state index is 0.281. The van der Waals surface area contributed by atoms with Gasteiger partial charge in [-0.25, -0.2) is 0 Å². The number of hydrogen-bond donors (Lipinski definition) is 0. The van der Waals surface area contributed by atoms with E-state index in [0.29, 0.717) is 29.0 Å². The Kier molecular flexibility index (Phi) is 1.16. The fraction of sp³-hybridized carbons (Fsp3) is 0.929. The third-order valence-electron chi connectivity index (χ3n) is 7.33. The summed E-state index contributed by atoms with van der Waals surface area (Å²) in [5, 5.41) is 0. The molecule has 5 rings (SSSR count). The van der Waals surface area contributed by atoms with Gasteiger partial charge in [-0.15, -0.1) is 0 Å². The quantitative estimate of drug-likeness (QED) is 0.670. The molecule has 0 amide bonds. The molecule has 0 unspecified atom stereocenters. The lowest BCUT2D eigenvalue weighted by Crippen LogP contribution is -2.50. The van der Waals surface area contributed by atoms with E-state index in [-0.39, 0.29) is 6.10 Å². The molecule has 0 aromatic carbocycles. The van der Waals surface area contributed by atoms with Crippen LogP contribution in [0.3, 0.4) is 0 Å². The highest BCUT2D eigenvalue weighted by atomic mass is 16.5. The Bertz CT molecular complexity index is 405. The zero-order valence-electron chi connectivity index (χ0n) is 9.85. The number of methoxy groups -OCH3 is 1. The zero-order valence-corrected chi connectivity index (χ0v) is 9.85. The molecule has 0 aromatic heterocycles. The van der Waals surface area contributed by atoms with E-state index in [1.807, 2.05) is 7.11 Å². The number of fused-ring (bicyclic) bond motifs is 3. The molecule has 5 aliphatic rings. The summed E-state index contributed by atoms with van der Waals surface area (Å²) in [7, 11) is 1.82. The average Bonchev–Trinajstić information content (AvgIpc) is 2.96. The van der Waals surface area contributed by atoms with E-state index in [2.05, 4.69) is 6.92 Å². The Morgan fingerprint density at radius 1 is 1.19 bits per heavy atom. The Labute approximate surface area is 95.7 Å². The van der Waals surface area contributed by atoms with Crippen molar-refractivity contribution in [3.63, 3.8) is 0 Å². The van der Waals surface area contributed by atoms with Gasteiger partial charge in [-0.1, -0.05) is 6.92 Å². The summed E-state index contributed by atoms with van der Waals surface area (Å²) in [6, 6.07) is 0. The summed E-state index contributed by atoms with van der Waals surface area (Å²) in [5.74, 6) is 5.11. The van der Waals surface area contributed by atoms with Crippen LogP contribution >= 0.6 is 0 Å². The lowest BCUT2D eigenvalue weighted by molar-refractivity contribution is -0.125. The van der Waals surface area contributed by atoms with Gasteiger partial charge in [-0.2, -0.15) is 0 Å². The highest BCUT2D eigenvalue weighted by Gasteiger charge is 2.85. The Hall–Kier alpha value is -0.370. The molecule has 5 aliphatic carbocycles. The summed E-state index contributed by atoms with van der Waals surface area (Å²) < 4.78 is 5.72. The molecule has 5 saturated carbocycles. The first-order valence-corrected chi connectivity index (χ1v) is 6.77. The lowest BCUT2D eigenvalue weighted by Gasteiger charge is -2.49. The molecule has 0 spiro atoms. The number of ether oxygens (including phenoxy) is 1. The monoisotopic (exact) mass is 218 g/mol. The third kappa shape index (κ3) is 0.521. The largest absolute Gasteiger partial charge is 0.380 e. The molecule has 0 aliphatic heterocycles. The molecule has 0 N–H and O–H groups in total. The van der Waals surface area contributed by atoms with Gasteiger partial charge in [0.15, 0.2) is 0 Å². The van der Waals surface area contributed by atoms with Crippen molar-refractivity contribution in [1.29, 1.82) is 0 Å². The van der Waals surface area contributed by atoms with E-state index in [0.717, 1.165) is 23.7 Å². The summed E-state index contributed by atoms with van der Waals surface area (Å²) in [5.41, 5.74) is 0.476. The number of carbonyl (C=O) groups excluding carboxylic acids is 1. The Morgan fingerprint density at radius 3 is 2.44 bits per heavy atom. The third-order valence-corrected chi connectivity index (χ3v) is 7.33. The fourth-order valence-electron chi connectivity index (χ4n) is 7.34. The molecule has 6 bridgehead atoms. The van der Waals surface area contributed by atoms with Crippen LogP contribution < -0.4 is 0 Å². The van der Waals surface area contributed by atoms with Gasteiger partial charge in [0.2, 0.25) is 0 Å². The van der Waals surface area contributed by atoms with Gasteiger partial charge >= 0.3 is 0 Å². The van der Waals surface area contributed by atoms with Crippen LogP contribution in [-0.4, -0.2) is 19.0 Å². The van der Waals surface area contributed by atoms with Crippen molar-refractivity contribution >= 4 is 5.78 Å². The van der Waals surface area contributed by atoms with E-state index < -0.39 is 0 Å². The van der Waals surface area contributed by atoms with Crippen molar-refractivity contribution in [1.82, 2.24) is 0 Å². The molecule has 16 heavy (non-hydrogen) atoms. The predicted molar refractivity (Wildman–Crippen MR) is 57.6 cm³/mol. The van der Waals surface area contributed by atoms with E-state index in [9.17, 15) is 4.79 Å². The summed E-state index contributed by atoms with van der Waals surface area (Å²) >= 11 is 0. The smallest absolute Gasteiger partial charge is 0.142 e. The van der Waals surface area contributed by atoms with Crippen LogP contribution in [0.4, 0.5) is 0 Å². The van der Waals surface area contributed by atoms with Gasteiger partial charge in [0, 0.05) is 24.9 Å². The number of ketones is 1. The van der Waals surface area contributed by atoms with Crippen molar-refractivity contribution in [2.24, 2.45) is 46.8 Å². The second-order valence-electron chi connectivity index (χ2n) is 6.99. The fourth-order valence-corrected chi connectivity index (χ4v) is 7.34. The number of carbonyl (C=O) groups is 1. The average molecular weight is 218 g/mol. The molecule has 2 heteroatoms. The van der Waals surface area contributed by atoms with Gasteiger partial charge in [0.05, 0.1) is 6.10 Å². The highest BCUT2D eigenvalue weighted by molar-refractivity contribution is 5.92. The van der Waals surface area contributed by atoms with E-state index in [1.165, 1.54) is 12.8 Å². The van der Waals surface area contributed by atoms with Gasteiger partial charge < -0.3 is 4.74 Å². The molecule has 5 fully saturated rings. The zero-order chi connectivity index (χ0) is 10.8. The van der Waals surface area contributed by atoms with E-state index >= 15 is 0 Å². The van der Waals surface area contributed by atoms with Crippen LogP contribution in [0.15, 0.2) is 0 Å². The van der Waals surface area contributed by atoms with Crippen LogP contribution in [-0.2, 0) is 9.53 Å². The van der Waals surface area contributed by atoms with Crippen LogP contribution in [0.5, 0.6) is 0 Å². The van der Waals surface area contributed by atoms with Gasteiger partial charge in [-0.3, -0.25) is 4.79 Å². The van der Waals surface area contributed by atoms with Crippen LogP contribution in [0.2, 0.25) is 0 Å². The number of hydrogen-bond acceptors (Lipinski definition) is 2. The second kappa shape index (κ2) is 2.14. The SMILES string of the molecule is CO[C@H]1[C@H]2C(=O)[C@@H]3[C@@H]4[C@H]2[C@H]2CC[C@@H]4[C@@]2(C)[C@H]13. The van der Waals surface area contributed by atoms with Crippen LogP contribution in [0, 0.1) is 46.8 Å². The van der Waals surface area contributed by atoms with Crippen LogP contribution in [0.1, 0.15) is 19.8 Å². The van der Waals surface area contributed by atoms with Gasteiger partial charge in [0.1, 0.15) is 5.78 Å².